The molecule has 1 aromatic heterocycles. The Bertz CT molecular complexity index is 1180. The first-order valence-corrected chi connectivity index (χ1v) is 8.00. The number of H-pyrrole nitrogens is 2. The third kappa shape index (κ3) is 4.12. The number of fused-ring (bicyclic) bond motifs is 1. The van der Waals surface area contributed by atoms with E-state index >= 15 is 0 Å². The number of carboxylic acid groups (broad SMARTS) is 1. The minimum Gasteiger partial charge on any atom is -0.874 e. The molecule has 10 heteroatoms. The Hall–Kier alpha value is -4.21. The third-order valence-electron chi connectivity index (χ3n) is 3.68. The Morgan fingerprint density at radius 1 is 1.11 bits per heavy atom. The molecule has 142 valence electrons. The van der Waals surface area contributed by atoms with Gasteiger partial charge in [-0.2, -0.15) is 5.11 Å². The van der Waals surface area contributed by atoms with Crippen LogP contribution in [0.15, 0.2) is 68.9 Å². The summed E-state index contributed by atoms with van der Waals surface area (Å²) in [5.41, 5.74) is 0.734. The number of benzene rings is 2. The number of allylic oxidation sites excluding steroid dienone is 1. The summed E-state index contributed by atoms with van der Waals surface area (Å²) in [4.78, 5) is 39.8. The van der Waals surface area contributed by atoms with E-state index in [2.05, 4.69) is 25.5 Å². The molecule has 0 bridgehead atoms. The van der Waals surface area contributed by atoms with Crippen LogP contribution in [0.4, 0.5) is 11.4 Å². The second kappa shape index (κ2) is 7.58. The Labute approximate surface area is 157 Å². The van der Waals surface area contributed by atoms with E-state index in [1.807, 2.05) is 0 Å². The Morgan fingerprint density at radius 3 is 2.57 bits per heavy atom. The monoisotopic (exact) mass is 380 g/mol. The molecule has 2 aromatic carbocycles. The van der Waals surface area contributed by atoms with Crippen LogP contribution in [0.2, 0.25) is 0 Å². The highest BCUT2D eigenvalue weighted by Gasteiger charge is 2.11. The van der Waals surface area contributed by atoms with Crippen LogP contribution in [0.25, 0.3) is 11.0 Å². The number of anilines is 1. The van der Waals surface area contributed by atoms with E-state index in [4.69, 9.17) is 5.11 Å². The number of rotatable bonds is 5. The second-order valence-electron chi connectivity index (χ2n) is 5.75. The molecule has 3 aromatic rings. The van der Waals surface area contributed by atoms with Crippen molar-refractivity contribution in [2.75, 3.05) is 5.32 Å². The van der Waals surface area contributed by atoms with E-state index < -0.39 is 23.3 Å². The first-order valence-electron chi connectivity index (χ1n) is 8.00. The van der Waals surface area contributed by atoms with E-state index in [9.17, 15) is 19.5 Å². The SMILES string of the molecule is C/C([O-])=C(/N=Nc1cccc(C(=O)O)c1)C(=O)Nc1ccc2[nH]c(=O)[nH]c2c1. The number of carbonyl (C=O) groups is 2. The molecule has 0 saturated carbocycles. The zero-order valence-electron chi connectivity index (χ0n) is 14.5. The van der Waals surface area contributed by atoms with Crippen molar-refractivity contribution in [2.45, 2.75) is 6.92 Å². The summed E-state index contributed by atoms with van der Waals surface area (Å²) < 4.78 is 0. The molecule has 3 rings (SSSR count). The van der Waals surface area contributed by atoms with Crippen LogP contribution >= 0.6 is 0 Å². The molecule has 0 radical (unpaired) electrons. The van der Waals surface area contributed by atoms with Crippen molar-refractivity contribution in [3.05, 3.63) is 70.0 Å². The second-order valence-corrected chi connectivity index (χ2v) is 5.75. The van der Waals surface area contributed by atoms with E-state index in [1.54, 1.807) is 12.1 Å². The van der Waals surface area contributed by atoms with Crippen LogP contribution in [0.1, 0.15) is 17.3 Å². The van der Waals surface area contributed by atoms with Gasteiger partial charge in [-0.1, -0.05) is 13.0 Å². The summed E-state index contributed by atoms with van der Waals surface area (Å²) in [6.07, 6.45) is 0. The summed E-state index contributed by atoms with van der Waals surface area (Å²) in [5.74, 6) is -2.54. The predicted octanol–water partition coefficient (Wildman–Crippen LogP) is 1.87. The van der Waals surface area contributed by atoms with Crippen LogP contribution in [0.5, 0.6) is 0 Å². The first kappa shape index (κ1) is 18.6. The molecule has 0 aliphatic rings. The third-order valence-corrected chi connectivity index (χ3v) is 3.68. The van der Waals surface area contributed by atoms with Crippen molar-refractivity contribution in [2.24, 2.45) is 10.2 Å². The number of imidazole rings is 1. The fraction of sp³-hybridized carbons (Fsp3) is 0.0556. The van der Waals surface area contributed by atoms with Crippen LogP contribution in [-0.2, 0) is 4.79 Å². The van der Waals surface area contributed by atoms with E-state index in [-0.39, 0.29) is 16.9 Å². The number of carboxylic acids is 1. The van der Waals surface area contributed by atoms with Crippen molar-refractivity contribution < 1.29 is 19.8 Å². The number of aromatic nitrogens is 2. The standard InChI is InChI=1S/C18H15N5O5/c1-9(24)15(23-22-12-4-2-3-10(7-12)17(26)27)16(25)19-11-5-6-13-14(8-11)21-18(28)20-13/h2-8,24H,1H3,(H,19,25)(H,26,27)(H2,20,21,28)/p-1/b15-9-,23-22?. The lowest BCUT2D eigenvalue weighted by atomic mass is 10.2. The van der Waals surface area contributed by atoms with Crippen LogP contribution in [0.3, 0.4) is 0 Å². The normalized spacial score (nSPS) is 12.2. The Morgan fingerprint density at radius 2 is 1.86 bits per heavy atom. The van der Waals surface area contributed by atoms with Crippen LogP contribution in [-0.4, -0.2) is 27.0 Å². The maximum Gasteiger partial charge on any atom is 0.335 e. The van der Waals surface area contributed by atoms with Gasteiger partial charge in [0.25, 0.3) is 5.91 Å². The molecule has 28 heavy (non-hydrogen) atoms. The summed E-state index contributed by atoms with van der Waals surface area (Å²) in [5, 5.41) is 30.7. The number of nitrogens with zero attached hydrogens (tertiary/aromatic N) is 2. The topological polar surface area (TPSA) is 163 Å². The zero-order chi connectivity index (χ0) is 20.3. The predicted molar refractivity (Wildman–Crippen MR) is 98.2 cm³/mol. The van der Waals surface area contributed by atoms with E-state index in [0.717, 1.165) is 6.92 Å². The fourth-order valence-corrected chi connectivity index (χ4v) is 2.39. The van der Waals surface area contributed by atoms with Crippen molar-refractivity contribution in [1.29, 1.82) is 0 Å². The number of carbonyl (C=O) groups excluding carboxylic acids is 1. The molecule has 0 atom stereocenters. The van der Waals surface area contributed by atoms with Gasteiger partial charge in [-0.25, -0.2) is 9.59 Å². The number of nitrogens with one attached hydrogen (secondary N) is 3. The number of hydrogen-bond acceptors (Lipinski definition) is 6. The number of aromatic amines is 2. The van der Waals surface area contributed by atoms with Crippen LogP contribution < -0.4 is 16.1 Å². The largest absolute Gasteiger partial charge is 0.874 e. The molecule has 0 aliphatic carbocycles. The van der Waals surface area contributed by atoms with Crippen molar-refractivity contribution >= 4 is 34.3 Å². The molecule has 0 saturated heterocycles. The molecule has 0 unspecified atom stereocenters. The summed E-state index contributed by atoms with van der Waals surface area (Å²) >= 11 is 0. The molecule has 0 spiro atoms. The first-order chi connectivity index (χ1) is 13.3. The molecule has 0 aliphatic heterocycles. The number of aromatic carboxylic acids is 1. The minimum atomic E-state index is -1.14. The molecule has 4 N–H and O–H groups in total. The smallest absolute Gasteiger partial charge is 0.335 e. The van der Waals surface area contributed by atoms with Crippen molar-refractivity contribution in [3.63, 3.8) is 0 Å². The van der Waals surface area contributed by atoms with Gasteiger partial charge in [-0.15, -0.1) is 10.9 Å². The lowest BCUT2D eigenvalue weighted by Crippen LogP contribution is -2.18. The maximum atomic E-state index is 12.4. The fourth-order valence-electron chi connectivity index (χ4n) is 2.39. The highest BCUT2D eigenvalue weighted by atomic mass is 16.4. The molecule has 1 amide bonds. The molecule has 1 heterocycles. The number of amides is 1. The van der Waals surface area contributed by atoms with Gasteiger partial charge in [0.05, 0.1) is 22.3 Å². The highest BCUT2D eigenvalue weighted by Crippen LogP contribution is 2.19. The van der Waals surface area contributed by atoms with Crippen LogP contribution in [0, 0.1) is 0 Å². The molecule has 0 fully saturated rings. The quantitative estimate of drug-likeness (QED) is 0.301. The van der Waals surface area contributed by atoms with Gasteiger partial charge in [-0.05, 0) is 36.4 Å². The summed E-state index contributed by atoms with van der Waals surface area (Å²) in [7, 11) is 0. The number of hydrogen-bond donors (Lipinski definition) is 4. The minimum absolute atomic E-state index is 0.000857. The molecule has 10 nitrogen and oxygen atoms in total. The van der Waals surface area contributed by atoms with E-state index in [1.165, 1.54) is 30.3 Å². The lowest BCUT2D eigenvalue weighted by molar-refractivity contribution is -0.303. The van der Waals surface area contributed by atoms with E-state index in [0.29, 0.717) is 16.7 Å². The molecular formula is C18H14N5O5-. The number of azo groups is 1. The van der Waals surface area contributed by atoms with Gasteiger partial charge in [0.15, 0.2) is 0 Å². The average Bonchev–Trinajstić information content (AvgIpc) is 3.01. The van der Waals surface area contributed by atoms with Gasteiger partial charge >= 0.3 is 11.7 Å². The molecular weight excluding hydrogens is 366 g/mol. The van der Waals surface area contributed by atoms with Crippen molar-refractivity contribution in [1.82, 2.24) is 9.97 Å². The van der Waals surface area contributed by atoms with Crippen molar-refractivity contribution in [3.8, 4) is 0 Å². The highest BCUT2D eigenvalue weighted by molar-refractivity contribution is 6.04. The van der Waals surface area contributed by atoms with Gasteiger partial charge in [0.1, 0.15) is 5.70 Å². The maximum absolute atomic E-state index is 12.4. The Kier molecular flexibility index (Phi) is 5.03. The zero-order valence-corrected chi connectivity index (χ0v) is 14.5. The summed E-state index contributed by atoms with van der Waals surface area (Å²) in [6, 6.07) is 10.3. The van der Waals surface area contributed by atoms with Gasteiger partial charge in [0.2, 0.25) is 0 Å². The lowest BCUT2D eigenvalue weighted by Gasteiger charge is -2.11. The van der Waals surface area contributed by atoms with Gasteiger partial charge in [-0.3, -0.25) is 4.79 Å². The summed E-state index contributed by atoms with van der Waals surface area (Å²) in [6.45, 7) is 1.16. The van der Waals surface area contributed by atoms with Gasteiger partial charge in [0, 0.05) is 5.69 Å². The average molecular weight is 380 g/mol. The van der Waals surface area contributed by atoms with Gasteiger partial charge < -0.3 is 25.5 Å². The Balaban J connectivity index is 1.82.